The maximum absolute atomic E-state index is 12.6. The third kappa shape index (κ3) is 1.57. The van der Waals surface area contributed by atoms with Crippen molar-refractivity contribution in [3.63, 3.8) is 0 Å². The molecule has 1 aromatic rings. The highest BCUT2D eigenvalue weighted by Gasteiger charge is 1.97. The van der Waals surface area contributed by atoms with Crippen LogP contribution in [-0.4, -0.2) is 0 Å². The van der Waals surface area contributed by atoms with Crippen molar-refractivity contribution >= 4 is 15.9 Å². The smallest absolute Gasteiger partial charge is 0.137 e. The molecule has 0 heterocycles. The van der Waals surface area contributed by atoms with Gasteiger partial charge in [0.25, 0.3) is 0 Å². The van der Waals surface area contributed by atoms with Gasteiger partial charge in [0, 0.05) is 0 Å². The molecule has 0 amide bonds. The zero-order valence-electron chi connectivity index (χ0n) is 5.70. The molecule has 0 nitrogen and oxygen atoms in total. The molecule has 0 radical (unpaired) electrons. The van der Waals surface area contributed by atoms with Crippen LogP contribution in [0.5, 0.6) is 0 Å². The van der Waals surface area contributed by atoms with Gasteiger partial charge >= 0.3 is 0 Å². The molecule has 0 aromatic heterocycles. The lowest BCUT2D eigenvalue weighted by atomic mass is 10.2. The lowest BCUT2D eigenvalue weighted by Gasteiger charge is -1.97. The van der Waals surface area contributed by atoms with Gasteiger partial charge in [-0.3, -0.25) is 0 Å². The topological polar surface area (TPSA) is 0 Å². The van der Waals surface area contributed by atoms with Crippen molar-refractivity contribution in [1.29, 1.82) is 0 Å². The number of halogens is 2. The highest BCUT2D eigenvalue weighted by molar-refractivity contribution is 9.10. The molecular weight excluding hydrogens is 195 g/mol. The molecule has 0 fully saturated rings. The Balaban J connectivity index is 3.04. The lowest BCUT2D eigenvalue weighted by molar-refractivity contribution is 0.620. The highest BCUT2D eigenvalue weighted by Crippen LogP contribution is 2.16. The van der Waals surface area contributed by atoms with E-state index >= 15 is 0 Å². The minimum atomic E-state index is -0.197. The molecule has 2 heteroatoms. The van der Waals surface area contributed by atoms with E-state index in [1.54, 1.807) is 12.1 Å². The summed E-state index contributed by atoms with van der Waals surface area (Å²) in [5.74, 6) is -0.197. The Hall–Kier alpha value is -0.370. The van der Waals surface area contributed by atoms with Gasteiger partial charge in [0.15, 0.2) is 0 Å². The molecule has 0 atom stereocenters. The fraction of sp³-hybridized carbons (Fsp3) is 0.250. The van der Waals surface area contributed by atoms with Gasteiger partial charge < -0.3 is 0 Å². The molecule has 54 valence electrons. The van der Waals surface area contributed by atoms with E-state index in [0.29, 0.717) is 4.47 Å². The number of rotatable bonds is 1. The molecule has 0 aliphatic carbocycles. The van der Waals surface area contributed by atoms with E-state index in [2.05, 4.69) is 15.9 Å². The van der Waals surface area contributed by atoms with E-state index < -0.39 is 0 Å². The molecule has 0 spiro atoms. The Morgan fingerprint density at radius 1 is 1.50 bits per heavy atom. The Kier molecular flexibility index (Phi) is 2.44. The number of aryl methyl sites for hydroxylation is 1. The van der Waals surface area contributed by atoms with Crippen LogP contribution in [0.25, 0.3) is 0 Å². The zero-order chi connectivity index (χ0) is 7.56. The van der Waals surface area contributed by atoms with Crippen molar-refractivity contribution in [3.05, 3.63) is 34.1 Å². The van der Waals surface area contributed by atoms with E-state index in [-0.39, 0.29) is 5.82 Å². The molecule has 1 rings (SSSR count). The molecule has 0 saturated heterocycles. The Labute approximate surface area is 68.2 Å². The number of hydrogen-bond acceptors (Lipinski definition) is 0. The summed E-state index contributed by atoms with van der Waals surface area (Å²) in [6, 6.07) is 5.07. The van der Waals surface area contributed by atoms with Crippen LogP contribution in [0.2, 0.25) is 0 Å². The fourth-order valence-electron chi connectivity index (χ4n) is 0.760. The van der Waals surface area contributed by atoms with Crippen molar-refractivity contribution in [2.45, 2.75) is 13.3 Å². The Morgan fingerprint density at radius 3 is 2.70 bits per heavy atom. The molecule has 1 aromatic carbocycles. The van der Waals surface area contributed by atoms with Crippen LogP contribution in [0.15, 0.2) is 22.7 Å². The zero-order valence-corrected chi connectivity index (χ0v) is 7.28. The van der Waals surface area contributed by atoms with Gasteiger partial charge in [-0.2, -0.15) is 0 Å². The predicted molar refractivity (Wildman–Crippen MR) is 43.5 cm³/mol. The summed E-state index contributed by atoms with van der Waals surface area (Å²) < 4.78 is 13.1. The van der Waals surface area contributed by atoms with Crippen molar-refractivity contribution in [1.82, 2.24) is 0 Å². The van der Waals surface area contributed by atoms with Crippen LogP contribution in [0.3, 0.4) is 0 Å². The van der Waals surface area contributed by atoms with Gasteiger partial charge in [-0.05, 0) is 40.0 Å². The number of hydrogen-bond donors (Lipinski definition) is 0. The van der Waals surface area contributed by atoms with Crippen LogP contribution in [-0.2, 0) is 6.42 Å². The third-order valence-electron chi connectivity index (χ3n) is 1.39. The van der Waals surface area contributed by atoms with Crippen molar-refractivity contribution in [3.8, 4) is 0 Å². The summed E-state index contributed by atoms with van der Waals surface area (Å²) in [5, 5.41) is 0. The van der Waals surface area contributed by atoms with Gasteiger partial charge in [0.2, 0.25) is 0 Å². The minimum absolute atomic E-state index is 0.197. The molecule has 0 aliphatic rings. The second-order valence-corrected chi connectivity index (χ2v) is 2.96. The van der Waals surface area contributed by atoms with E-state index in [9.17, 15) is 4.39 Å². The summed E-state index contributed by atoms with van der Waals surface area (Å²) in [4.78, 5) is 0. The van der Waals surface area contributed by atoms with Crippen LogP contribution >= 0.6 is 15.9 Å². The summed E-state index contributed by atoms with van der Waals surface area (Å²) in [5.41, 5.74) is 1.15. The van der Waals surface area contributed by atoms with Gasteiger partial charge in [-0.25, -0.2) is 4.39 Å². The first-order chi connectivity index (χ1) is 4.74. The van der Waals surface area contributed by atoms with Crippen LogP contribution in [0, 0.1) is 5.82 Å². The van der Waals surface area contributed by atoms with E-state index in [1.807, 2.05) is 6.92 Å². The molecular formula is C8H8BrF. The molecule has 10 heavy (non-hydrogen) atoms. The summed E-state index contributed by atoms with van der Waals surface area (Å²) in [6.45, 7) is 2.04. The van der Waals surface area contributed by atoms with Crippen molar-refractivity contribution < 1.29 is 4.39 Å². The first-order valence-electron chi connectivity index (χ1n) is 3.18. The minimum Gasteiger partial charge on any atom is -0.206 e. The van der Waals surface area contributed by atoms with Gasteiger partial charge in [0.1, 0.15) is 5.82 Å². The van der Waals surface area contributed by atoms with E-state index in [0.717, 1.165) is 12.0 Å². The maximum atomic E-state index is 12.6. The first kappa shape index (κ1) is 7.73. The van der Waals surface area contributed by atoms with Crippen LogP contribution in [0.1, 0.15) is 12.5 Å². The second-order valence-electron chi connectivity index (χ2n) is 2.10. The Bertz CT molecular complexity index is 233. The Morgan fingerprint density at radius 2 is 2.20 bits per heavy atom. The van der Waals surface area contributed by atoms with Gasteiger partial charge in [-0.15, -0.1) is 0 Å². The second kappa shape index (κ2) is 3.15. The predicted octanol–water partition coefficient (Wildman–Crippen LogP) is 3.15. The molecule has 0 bridgehead atoms. The molecule has 0 unspecified atom stereocenters. The van der Waals surface area contributed by atoms with Gasteiger partial charge in [0.05, 0.1) is 4.47 Å². The summed E-state index contributed by atoms with van der Waals surface area (Å²) in [7, 11) is 0. The summed E-state index contributed by atoms with van der Waals surface area (Å²) in [6.07, 6.45) is 0.943. The van der Waals surface area contributed by atoms with Gasteiger partial charge in [-0.1, -0.05) is 13.0 Å². The quantitative estimate of drug-likeness (QED) is 0.657. The molecule has 0 saturated carbocycles. The highest BCUT2D eigenvalue weighted by atomic mass is 79.9. The fourth-order valence-corrected chi connectivity index (χ4v) is 1.19. The maximum Gasteiger partial charge on any atom is 0.137 e. The lowest BCUT2D eigenvalue weighted by Crippen LogP contribution is -1.81. The van der Waals surface area contributed by atoms with Crippen LogP contribution < -0.4 is 0 Å². The standard InChI is InChI=1S/C8H8BrF/c1-2-6-3-4-8(10)7(9)5-6/h3-5H,2H2,1H3. The third-order valence-corrected chi connectivity index (χ3v) is 2.00. The van der Waals surface area contributed by atoms with Crippen molar-refractivity contribution in [2.75, 3.05) is 0 Å². The average molecular weight is 203 g/mol. The van der Waals surface area contributed by atoms with E-state index in [1.165, 1.54) is 6.07 Å². The van der Waals surface area contributed by atoms with E-state index in [4.69, 9.17) is 0 Å². The SMILES string of the molecule is CCc1ccc(F)c(Br)c1. The van der Waals surface area contributed by atoms with Crippen LogP contribution in [0.4, 0.5) is 4.39 Å². The van der Waals surface area contributed by atoms with Crippen molar-refractivity contribution in [2.24, 2.45) is 0 Å². The largest absolute Gasteiger partial charge is 0.206 e. The summed E-state index contributed by atoms with van der Waals surface area (Å²) >= 11 is 3.11. The average Bonchev–Trinajstić information content (AvgIpc) is 1.95. The molecule has 0 aliphatic heterocycles. The monoisotopic (exact) mass is 202 g/mol. The first-order valence-corrected chi connectivity index (χ1v) is 3.97. The normalized spacial score (nSPS) is 9.90. The molecule has 0 N–H and O–H groups in total. The number of benzene rings is 1.